The van der Waals surface area contributed by atoms with E-state index in [0.717, 1.165) is 30.7 Å². The standard InChI is InChI=1S/C15H17NO2/c1-2-11-6-8-13(18-11)15(17)12-7-5-10-4-3-9-16-14(10)12/h3-4,6,8-9,12,15,17H,2,5,7H2,1H3. The minimum Gasteiger partial charge on any atom is -0.463 e. The lowest BCUT2D eigenvalue weighted by Gasteiger charge is -2.16. The molecule has 3 nitrogen and oxygen atoms in total. The van der Waals surface area contributed by atoms with Crippen molar-refractivity contribution in [2.75, 3.05) is 0 Å². The third-order valence-corrected chi connectivity index (χ3v) is 3.71. The molecule has 0 spiro atoms. The zero-order valence-corrected chi connectivity index (χ0v) is 10.5. The minimum absolute atomic E-state index is 0.0667. The maximum Gasteiger partial charge on any atom is 0.133 e. The lowest BCUT2D eigenvalue weighted by Crippen LogP contribution is -2.08. The number of hydrogen-bond donors (Lipinski definition) is 1. The average molecular weight is 243 g/mol. The van der Waals surface area contributed by atoms with Crippen LogP contribution < -0.4 is 0 Å². The van der Waals surface area contributed by atoms with Gasteiger partial charge in [0.05, 0.1) is 0 Å². The molecule has 94 valence electrons. The summed E-state index contributed by atoms with van der Waals surface area (Å²) in [7, 11) is 0. The number of aromatic nitrogens is 1. The molecule has 2 atom stereocenters. The van der Waals surface area contributed by atoms with Crippen LogP contribution in [0.25, 0.3) is 0 Å². The van der Waals surface area contributed by atoms with Crippen molar-refractivity contribution in [2.45, 2.75) is 38.2 Å². The summed E-state index contributed by atoms with van der Waals surface area (Å²) >= 11 is 0. The van der Waals surface area contributed by atoms with Crippen molar-refractivity contribution in [1.82, 2.24) is 4.98 Å². The van der Waals surface area contributed by atoms with E-state index in [-0.39, 0.29) is 5.92 Å². The second kappa shape index (κ2) is 4.58. The Bertz CT molecular complexity index is 547. The molecule has 0 radical (unpaired) electrons. The van der Waals surface area contributed by atoms with Gasteiger partial charge in [0.1, 0.15) is 17.6 Å². The molecule has 3 heteroatoms. The zero-order chi connectivity index (χ0) is 12.5. The first-order chi connectivity index (χ1) is 8.79. The van der Waals surface area contributed by atoms with Gasteiger partial charge in [-0.05, 0) is 36.6 Å². The summed E-state index contributed by atoms with van der Waals surface area (Å²) in [6.07, 6.45) is 4.00. The fourth-order valence-corrected chi connectivity index (χ4v) is 2.69. The Hall–Kier alpha value is -1.61. The van der Waals surface area contributed by atoms with Crippen molar-refractivity contribution in [1.29, 1.82) is 0 Å². The Morgan fingerprint density at radius 3 is 3.11 bits per heavy atom. The molecule has 0 amide bonds. The molecule has 1 aliphatic rings. The van der Waals surface area contributed by atoms with E-state index in [1.807, 2.05) is 25.1 Å². The number of hydrogen-bond acceptors (Lipinski definition) is 3. The van der Waals surface area contributed by atoms with E-state index in [1.165, 1.54) is 5.56 Å². The van der Waals surface area contributed by atoms with Gasteiger partial charge in [-0.15, -0.1) is 0 Å². The molecule has 0 fully saturated rings. The molecule has 0 saturated heterocycles. The third kappa shape index (κ3) is 1.85. The molecule has 1 N–H and O–H groups in total. The predicted molar refractivity (Wildman–Crippen MR) is 68.3 cm³/mol. The van der Waals surface area contributed by atoms with Gasteiger partial charge in [-0.2, -0.15) is 0 Å². The van der Waals surface area contributed by atoms with Crippen molar-refractivity contribution in [3.63, 3.8) is 0 Å². The lowest BCUT2D eigenvalue weighted by molar-refractivity contribution is 0.116. The Morgan fingerprint density at radius 2 is 2.33 bits per heavy atom. The molecule has 0 saturated carbocycles. The van der Waals surface area contributed by atoms with Gasteiger partial charge < -0.3 is 9.52 Å². The largest absolute Gasteiger partial charge is 0.463 e. The number of fused-ring (bicyclic) bond motifs is 1. The van der Waals surface area contributed by atoms with Crippen LogP contribution in [0.5, 0.6) is 0 Å². The number of nitrogens with zero attached hydrogens (tertiary/aromatic N) is 1. The fourth-order valence-electron chi connectivity index (χ4n) is 2.69. The minimum atomic E-state index is -0.582. The third-order valence-electron chi connectivity index (χ3n) is 3.71. The second-order valence-corrected chi connectivity index (χ2v) is 4.80. The van der Waals surface area contributed by atoms with Crippen molar-refractivity contribution < 1.29 is 9.52 Å². The first kappa shape index (κ1) is 11.5. The van der Waals surface area contributed by atoms with Crippen LogP contribution in [-0.4, -0.2) is 10.1 Å². The molecule has 3 rings (SSSR count). The van der Waals surface area contributed by atoms with E-state index in [4.69, 9.17) is 4.42 Å². The van der Waals surface area contributed by atoms with Gasteiger partial charge in [0.25, 0.3) is 0 Å². The van der Waals surface area contributed by atoms with Crippen LogP contribution in [-0.2, 0) is 12.8 Å². The number of rotatable bonds is 3. The SMILES string of the molecule is CCc1ccc(C(O)C2CCc3cccnc32)o1. The van der Waals surface area contributed by atoms with Gasteiger partial charge in [-0.1, -0.05) is 13.0 Å². The first-order valence-corrected chi connectivity index (χ1v) is 6.50. The summed E-state index contributed by atoms with van der Waals surface area (Å²) in [6.45, 7) is 2.04. The topological polar surface area (TPSA) is 46.3 Å². The van der Waals surface area contributed by atoms with Crippen LogP contribution in [0, 0.1) is 0 Å². The van der Waals surface area contributed by atoms with E-state index in [9.17, 15) is 5.11 Å². The Labute approximate surface area is 106 Å². The van der Waals surface area contributed by atoms with E-state index in [1.54, 1.807) is 6.20 Å². The number of aliphatic hydroxyl groups excluding tert-OH is 1. The molecule has 2 unspecified atom stereocenters. The van der Waals surface area contributed by atoms with E-state index in [0.29, 0.717) is 5.76 Å². The van der Waals surface area contributed by atoms with Gasteiger partial charge in [0.15, 0.2) is 0 Å². The maximum absolute atomic E-state index is 10.4. The molecule has 1 aliphatic carbocycles. The quantitative estimate of drug-likeness (QED) is 0.901. The van der Waals surface area contributed by atoms with E-state index < -0.39 is 6.10 Å². The van der Waals surface area contributed by atoms with Gasteiger partial charge >= 0.3 is 0 Å². The molecule has 2 aromatic heterocycles. The van der Waals surface area contributed by atoms with Crippen LogP contribution in [0.1, 0.15) is 48.1 Å². The van der Waals surface area contributed by atoms with Crippen molar-refractivity contribution in [3.8, 4) is 0 Å². The highest BCUT2D eigenvalue weighted by Gasteiger charge is 2.32. The maximum atomic E-state index is 10.4. The Morgan fingerprint density at radius 1 is 1.44 bits per heavy atom. The summed E-state index contributed by atoms with van der Waals surface area (Å²) in [5.41, 5.74) is 2.28. The number of aryl methyl sites for hydroxylation is 2. The monoisotopic (exact) mass is 243 g/mol. The molecule has 0 bridgehead atoms. The first-order valence-electron chi connectivity index (χ1n) is 6.50. The molecule has 0 aromatic carbocycles. The highest BCUT2D eigenvalue weighted by atomic mass is 16.4. The van der Waals surface area contributed by atoms with Crippen molar-refractivity contribution in [2.24, 2.45) is 0 Å². The second-order valence-electron chi connectivity index (χ2n) is 4.80. The van der Waals surface area contributed by atoms with E-state index in [2.05, 4.69) is 11.1 Å². The Balaban J connectivity index is 1.88. The van der Waals surface area contributed by atoms with Crippen molar-refractivity contribution in [3.05, 3.63) is 53.2 Å². The van der Waals surface area contributed by atoms with Crippen molar-refractivity contribution >= 4 is 0 Å². The molecule has 2 heterocycles. The predicted octanol–water partition coefficient (Wildman–Crippen LogP) is 3.00. The molecular weight excluding hydrogens is 226 g/mol. The van der Waals surface area contributed by atoms with E-state index >= 15 is 0 Å². The van der Waals surface area contributed by atoms with Crippen LogP contribution in [0.15, 0.2) is 34.9 Å². The zero-order valence-electron chi connectivity index (χ0n) is 10.5. The van der Waals surface area contributed by atoms with Crippen LogP contribution in [0.4, 0.5) is 0 Å². The number of pyridine rings is 1. The fraction of sp³-hybridized carbons (Fsp3) is 0.400. The van der Waals surface area contributed by atoms with Gasteiger partial charge in [0, 0.05) is 24.2 Å². The Kier molecular flexibility index (Phi) is 2.92. The summed E-state index contributed by atoms with van der Waals surface area (Å²) in [4.78, 5) is 4.41. The molecule has 0 aliphatic heterocycles. The molecule has 18 heavy (non-hydrogen) atoms. The average Bonchev–Trinajstić information content (AvgIpc) is 3.04. The normalized spacial score (nSPS) is 19.8. The highest BCUT2D eigenvalue weighted by Crippen LogP contribution is 2.40. The van der Waals surface area contributed by atoms with Crippen LogP contribution >= 0.6 is 0 Å². The summed E-state index contributed by atoms with van der Waals surface area (Å²) in [5.74, 6) is 1.65. The summed E-state index contributed by atoms with van der Waals surface area (Å²) < 4.78 is 5.64. The van der Waals surface area contributed by atoms with Gasteiger partial charge in [0.2, 0.25) is 0 Å². The van der Waals surface area contributed by atoms with Crippen LogP contribution in [0.2, 0.25) is 0 Å². The van der Waals surface area contributed by atoms with Crippen LogP contribution in [0.3, 0.4) is 0 Å². The summed E-state index contributed by atoms with van der Waals surface area (Å²) in [6, 6.07) is 7.86. The smallest absolute Gasteiger partial charge is 0.133 e. The lowest BCUT2D eigenvalue weighted by atomic mass is 9.98. The number of aliphatic hydroxyl groups is 1. The molecular formula is C15H17NO2. The molecule has 2 aromatic rings. The van der Waals surface area contributed by atoms with Gasteiger partial charge in [-0.25, -0.2) is 0 Å². The number of furan rings is 1. The highest BCUT2D eigenvalue weighted by molar-refractivity contribution is 5.31. The summed E-state index contributed by atoms with van der Waals surface area (Å²) in [5, 5.41) is 10.4. The van der Waals surface area contributed by atoms with Gasteiger partial charge in [-0.3, -0.25) is 4.98 Å².